The Hall–Kier alpha value is -1.84. The summed E-state index contributed by atoms with van der Waals surface area (Å²) in [4.78, 5) is 15.7. The van der Waals surface area contributed by atoms with E-state index in [0.29, 0.717) is 11.5 Å². The third-order valence-electron chi connectivity index (χ3n) is 2.07. The van der Waals surface area contributed by atoms with Gasteiger partial charge in [0.05, 0.1) is 13.2 Å². The van der Waals surface area contributed by atoms with Gasteiger partial charge in [-0.3, -0.25) is 9.20 Å². The molecule has 14 heavy (non-hydrogen) atoms. The highest BCUT2D eigenvalue weighted by Gasteiger charge is 2.03. The van der Waals surface area contributed by atoms with Gasteiger partial charge in [0.2, 0.25) is 5.88 Å². The van der Waals surface area contributed by atoms with Crippen LogP contribution in [0.3, 0.4) is 0 Å². The molecule has 0 aliphatic heterocycles. The molecule has 0 unspecified atom stereocenters. The highest BCUT2D eigenvalue weighted by atomic mass is 16.5. The SMILES string of the molecule is COc1cc(=O)n2cccc(C)c2n1. The fourth-order valence-electron chi connectivity index (χ4n) is 1.34. The zero-order chi connectivity index (χ0) is 10.1. The fourth-order valence-corrected chi connectivity index (χ4v) is 1.34. The third-order valence-corrected chi connectivity index (χ3v) is 2.07. The van der Waals surface area contributed by atoms with Crippen LogP contribution in [0, 0.1) is 6.92 Å². The Morgan fingerprint density at radius 1 is 1.50 bits per heavy atom. The molecule has 2 aromatic heterocycles. The summed E-state index contributed by atoms with van der Waals surface area (Å²) in [5.41, 5.74) is 1.45. The molecule has 0 aliphatic rings. The molecule has 4 nitrogen and oxygen atoms in total. The van der Waals surface area contributed by atoms with Gasteiger partial charge in [0.15, 0.2) is 0 Å². The van der Waals surface area contributed by atoms with E-state index in [9.17, 15) is 4.79 Å². The maximum Gasteiger partial charge on any atom is 0.261 e. The van der Waals surface area contributed by atoms with E-state index in [-0.39, 0.29) is 5.56 Å². The van der Waals surface area contributed by atoms with E-state index in [1.54, 1.807) is 6.20 Å². The molecule has 0 radical (unpaired) electrons. The minimum Gasteiger partial charge on any atom is -0.481 e. The second kappa shape index (κ2) is 3.14. The number of hydrogen-bond donors (Lipinski definition) is 0. The zero-order valence-corrected chi connectivity index (χ0v) is 8.02. The largest absolute Gasteiger partial charge is 0.481 e. The molecule has 0 fully saturated rings. The molecule has 4 heteroatoms. The maximum atomic E-state index is 11.6. The van der Waals surface area contributed by atoms with Crippen molar-refractivity contribution in [1.82, 2.24) is 9.38 Å². The van der Waals surface area contributed by atoms with E-state index in [4.69, 9.17) is 4.74 Å². The summed E-state index contributed by atoms with van der Waals surface area (Å²) < 4.78 is 6.43. The smallest absolute Gasteiger partial charge is 0.261 e. The van der Waals surface area contributed by atoms with Crippen molar-refractivity contribution in [2.75, 3.05) is 7.11 Å². The molecule has 0 aliphatic carbocycles. The molecule has 0 saturated carbocycles. The lowest BCUT2D eigenvalue weighted by molar-refractivity contribution is 0.397. The van der Waals surface area contributed by atoms with Crippen LogP contribution in [0.1, 0.15) is 5.56 Å². The molecule has 0 amide bonds. The predicted octanol–water partition coefficient (Wildman–Crippen LogP) is 1.01. The molecular formula is C10H10N2O2. The molecule has 0 spiro atoms. The second-order valence-corrected chi connectivity index (χ2v) is 3.02. The summed E-state index contributed by atoms with van der Waals surface area (Å²) in [6.07, 6.45) is 1.69. The second-order valence-electron chi connectivity index (χ2n) is 3.02. The lowest BCUT2D eigenvalue weighted by Gasteiger charge is -2.04. The first-order chi connectivity index (χ1) is 6.72. The van der Waals surface area contributed by atoms with Crippen LogP contribution in [0.4, 0.5) is 0 Å². The first-order valence-electron chi connectivity index (χ1n) is 4.25. The van der Waals surface area contributed by atoms with Crippen LogP contribution < -0.4 is 10.3 Å². The topological polar surface area (TPSA) is 43.6 Å². The van der Waals surface area contributed by atoms with E-state index in [1.807, 2.05) is 19.1 Å². The van der Waals surface area contributed by atoms with Gasteiger partial charge in [0.25, 0.3) is 5.56 Å². The molecule has 2 rings (SSSR count). The molecule has 0 saturated heterocycles. The summed E-state index contributed by atoms with van der Waals surface area (Å²) in [5.74, 6) is 0.351. The van der Waals surface area contributed by atoms with Crippen LogP contribution in [0.5, 0.6) is 5.88 Å². The lowest BCUT2D eigenvalue weighted by atomic mass is 10.3. The molecule has 0 aromatic carbocycles. The van der Waals surface area contributed by atoms with Gasteiger partial charge in [-0.2, -0.15) is 4.98 Å². The number of nitrogens with zero attached hydrogens (tertiary/aromatic N) is 2. The summed E-state index contributed by atoms with van der Waals surface area (Å²) in [5, 5.41) is 0. The summed E-state index contributed by atoms with van der Waals surface area (Å²) >= 11 is 0. The summed E-state index contributed by atoms with van der Waals surface area (Å²) in [6.45, 7) is 1.90. The van der Waals surface area contributed by atoms with Gasteiger partial charge in [0, 0.05) is 6.20 Å². The molecule has 0 N–H and O–H groups in total. The number of methoxy groups -OCH3 is 1. The van der Waals surface area contributed by atoms with E-state index in [1.165, 1.54) is 17.6 Å². The summed E-state index contributed by atoms with van der Waals surface area (Å²) in [7, 11) is 1.50. The van der Waals surface area contributed by atoms with Crippen LogP contribution >= 0.6 is 0 Å². The van der Waals surface area contributed by atoms with Crippen LogP contribution in [-0.4, -0.2) is 16.5 Å². The maximum absolute atomic E-state index is 11.6. The number of hydrogen-bond acceptors (Lipinski definition) is 3. The number of aryl methyl sites for hydroxylation is 1. The lowest BCUT2D eigenvalue weighted by Crippen LogP contribution is -2.14. The zero-order valence-electron chi connectivity index (χ0n) is 8.02. The molecular weight excluding hydrogens is 180 g/mol. The molecule has 0 atom stereocenters. The van der Waals surface area contributed by atoms with Crippen molar-refractivity contribution in [1.29, 1.82) is 0 Å². The quantitative estimate of drug-likeness (QED) is 0.674. The van der Waals surface area contributed by atoms with Crippen LogP contribution in [0.25, 0.3) is 5.65 Å². The van der Waals surface area contributed by atoms with Crippen molar-refractivity contribution in [2.45, 2.75) is 6.92 Å². The van der Waals surface area contributed by atoms with Gasteiger partial charge >= 0.3 is 0 Å². The fraction of sp³-hybridized carbons (Fsp3) is 0.200. The van der Waals surface area contributed by atoms with Crippen LogP contribution in [-0.2, 0) is 0 Å². The minimum absolute atomic E-state index is 0.129. The molecule has 2 aromatic rings. The highest BCUT2D eigenvalue weighted by molar-refractivity contribution is 5.47. The molecule has 72 valence electrons. The predicted molar refractivity (Wildman–Crippen MR) is 52.8 cm³/mol. The number of ether oxygens (including phenoxy) is 1. The Morgan fingerprint density at radius 2 is 2.29 bits per heavy atom. The first kappa shape index (κ1) is 8.74. The van der Waals surface area contributed by atoms with Crippen molar-refractivity contribution in [3.8, 4) is 5.88 Å². The third kappa shape index (κ3) is 1.25. The van der Waals surface area contributed by atoms with E-state index in [2.05, 4.69) is 4.98 Å². The van der Waals surface area contributed by atoms with Crippen molar-refractivity contribution in [2.24, 2.45) is 0 Å². The standard InChI is InChI=1S/C10H10N2O2/c1-7-4-3-5-12-9(13)6-8(14-2)11-10(7)12/h3-6H,1-2H3. The van der Waals surface area contributed by atoms with Gasteiger partial charge in [-0.05, 0) is 18.6 Å². The average Bonchev–Trinajstić information content (AvgIpc) is 2.19. The van der Waals surface area contributed by atoms with Crippen molar-refractivity contribution in [3.05, 3.63) is 40.3 Å². The van der Waals surface area contributed by atoms with Gasteiger partial charge in [-0.1, -0.05) is 6.07 Å². The highest BCUT2D eigenvalue weighted by Crippen LogP contribution is 2.08. The Balaban J connectivity index is 2.91. The Bertz CT molecular complexity index is 531. The van der Waals surface area contributed by atoms with Gasteiger partial charge < -0.3 is 4.74 Å². The molecule has 2 heterocycles. The Kier molecular flexibility index (Phi) is 1.96. The van der Waals surface area contributed by atoms with E-state index < -0.39 is 0 Å². The van der Waals surface area contributed by atoms with E-state index in [0.717, 1.165) is 5.56 Å². The monoisotopic (exact) mass is 190 g/mol. The number of rotatable bonds is 1. The van der Waals surface area contributed by atoms with Gasteiger partial charge in [0.1, 0.15) is 5.65 Å². The number of fused-ring (bicyclic) bond motifs is 1. The van der Waals surface area contributed by atoms with E-state index >= 15 is 0 Å². The average molecular weight is 190 g/mol. The summed E-state index contributed by atoms with van der Waals surface area (Å²) in [6, 6.07) is 5.09. The van der Waals surface area contributed by atoms with Crippen LogP contribution in [0.15, 0.2) is 29.2 Å². The van der Waals surface area contributed by atoms with Crippen LogP contribution in [0.2, 0.25) is 0 Å². The van der Waals surface area contributed by atoms with Crippen molar-refractivity contribution >= 4 is 5.65 Å². The normalized spacial score (nSPS) is 10.4. The van der Waals surface area contributed by atoms with Gasteiger partial charge in [-0.15, -0.1) is 0 Å². The number of pyridine rings is 1. The Labute approximate surface area is 80.8 Å². The minimum atomic E-state index is -0.129. The first-order valence-corrected chi connectivity index (χ1v) is 4.25. The Morgan fingerprint density at radius 3 is 3.00 bits per heavy atom. The van der Waals surface area contributed by atoms with Crippen molar-refractivity contribution < 1.29 is 4.74 Å². The number of aromatic nitrogens is 2. The van der Waals surface area contributed by atoms with Crippen molar-refractivity contribution in [3.63, 3.8) is 0 Å². The molecule has 0 bridgehead atoms. The van der Waals surface area contributed by atoms with Gasteiger partial charge in [-0.25, -0.2) is 0 Å².